The predicted octanol–water partition coefficient (Wildman–Crippen LogP) is 1.53. The van der Waals surface area contributed by atoms with Crippen molar-refractivity contribution in [1.29, 1.82) is 0 Å². The van der Waals surface area contributed by atoms with E-state index < -0.39 is 21.8 Å². The normalized spacial score (nSPS) is 16.4. The van der Waals surface area contributed by atoms with Crippen LogP contribution in [0.1, 0.15) is 25.8 Å². The Morgan fingerprint density at radius 1 is 1.24 bits per heavy atom. The van der Waals surface area contributed by atoms with Crippen LogP contribution in [0.2, 0.25) is 0 Å². The number of hydrogen-bond acceptors (Lipinski definition) is 5. The molecule has 1 heterocycles. The van der Waals surface area contributed by atoms with Crippen LogP contribution in [0, 0.1) is 0 Å². The van der Waals surface area contributed by atoms with Crippen LogP contribution in [0.3, 0.4) is 0 Å². The average Bonchev–Trinajstić information content (AvgIpc) is 2.44. The summed E-state index contributed by atoms with van der Waals surface area (Å²) in [7, 11) is -2.56. The lowest BCUT2D eigenvalue weighted by Crippen LogP contribution is -2.35. The zero-order valence-corrected chi connectivity index (χ0v) is 12.7. The molecule has 0 radical (unpaired) electrons. The maximum Gasteiger partial charge on any atom is 0.310 e. The summed E-state index contributed by atoms with van der Waals surface area (Å²) in [6.45, 7) is 2.85. The van der Waals surface area contributed by atoms with Gasteiger partial charge in [0.25, 0.3) is 10.0 Å². The topological polar surface area (TPSA) is 80.8 Å². The summed E-state index contributed by atoms with van der Waals surface area (Å²) in [6.07, 6.45) is 0.118. The van der Waals surface area contributed by atoms with Gasteiger partial charge < -0.3 is 4.74 Å². The number of rotatable bonds is 3. The van der Waals surface area contributed by atoms with Crippen molar-refractivity contribution >= 4 is 27.5 Å². The van der Waals surface area contributed by atoms with Crippen molar-refractivity contribution < 1.29 is 22.7 Å². The Bertz CT molecular complexity index is 748. The fourth-order valence-electron chi connectivity index (χ4n) is 2.09. The lowest BCUT2D eigenvalue weighted by atomic mass is 10.1. The summed E-state index contributed by atoms with van der Waals surface area (Å²) in [5, 5.41) is 0. The van der Waals surface area contributed by atoms with Crippen molar-refractivity contribution in [1.82, 2.24) is 4.31 Å². The van der Waals surface area contributed by atoms with Crippen LogP contribution in [0.25, 0.3) is 5.76 Å². The number of carbonyl (C=O) groups is 2. The minimum atomic E-state index is -3.83. The first kappa shape index (κ1) is 15.2. The molecule has 0 bridgehead atoms. The highest BCUT2D eigenvalue weighted by Crippen LogP contribution is 2.36. The first-order valence-corrected chi connectivity index (χ1v) is 7.79. The van der Waals surface area contributed by atoms with Gasteiger partial charge in [-0.2, -0.15) is 0 Å². The quantitative estimate of drug-likeness (QED) is 0.791. The second kappa shape index (κ2) is 5.33. The maximum absolute atomic E-state index is 12.4. The molecule has 112 valence electrons. The van der Waals surface area contributed by atoms with Crippen LogP contribution in [0.15, 0.2) is 34.9 Å². The van der Waals surface area contributed by atoms with E-state index in [1.165, 1.54) is 26.1 Å². The molecule has 0 aliphatic carbocycles. The van der Waals surface area contributed by atoms with Crippen LogP contribution in [-0.2, 0) is 24.3 Å². The smallest absolute Gasteiger partial charge is 0.310 e. The number of allylic oxidation sites excluding steroid dienone is 1. The van der Waals surface area contributed by atoms with Crippen LogP contribution in [-0.4, -0.2) is 31.5 Å². The fourth-order valence-corrected chi connectivity index (χ4v) is 3.52. The van der Waals surface area contributed by atoms with Gasteiger partial charge in [-0.3, -0.25) is 13.9 Å². The Kier molecular flexibility index (Phi) is 3.87. The molecular weight excluding hydrogens is 294 g/mol. The number of likely N-dealkylation sites (N-methyl/N-ethyl adjacent to an activating group) is 1. The zero-order chi connectivity index (χ0) is 15.8. The molecule has 0 N–H and O–H groups in total. The van der Waals surface area contributed by atoms with E-state index >= 15 is 0 Å². The molecule has 6 nitrogen and oxygen atoms in total. The number of esters is 1. The number of hydrogen-bond donors (Lipinski definition) is 0. The molecule has 1 aliphatic rings. The van der Waals surface area contributed by atoms with Crippen molar-refractivity contribution in [2.45, 2.75) is 25.2 Å². The van der Waals surface area contributed by atoms with Crippen LogP contribution in [0.4, 0.5) is 0 Å². The molecule has 21 heavy (non-hydrogen) atoms. The van der Waals surface area contributed by atoms with Gasteiger partial charge in [-0.25, -0.2) is 8.42 Å². The van der Waals surface area contributed by atoms with E-state index in [9.17, 15) is 18.0 Å². The number of ketones is 1. The fraction of sp³-hybridized carbons (Fsp3) is 0.286. The van der Waals surface area contributed by atoms with Crippen molar-refractivity contribution in [2.75, 3.05) is 7.05 Å². The molecule has 0 amide bonds. The summed E-state index contributed by atoms with van der Waals surface area (Å²) in [5.74, 6) is -1.04. The minimum Gasteiger partial charge on any atom is -0.423 e. The van der Waals surface area contributed by atoms with Gasteiger partial charge in [0.2, 0.25) is 0 Å². The largest absolute Gasteiger partial charge is 0.423 e. The van der Waals surface area contributed by atoms with Gasteiger partial charge in [-0.05, 0) is 12.1 Å². The molecular formula is C14H15NO5S. The number of benzene rings is 1. The highest BCUT2D eigenvalue weighted by molar-refractivity contribution is 7.89. The first-order valence-electron chi connectivity index (χ1n) is 6.35. The van der Waals surface area contributed by atoms with E-state index in [4.69, 9.17) is 4.74 Å². The number of sulfonamides is 1. The maximum atomic E-state index is 12.4. The predicted molar refractivity (Wildman–Crippen MR) is 75.4 cm³/mol. The van der Waals surface area contributed by atoms with Gasteiger partial charge >= 0.3 is 5.97 Å². The van der Waals surface area contributed by atoms with E-state index in [1.807, 2.05) is 0 Å². The second-order valence-electron chi connectivity index (χ2n) is 4.53. The van der Waals surface area contributed by atoms with Crippen molar-refractivity contribution in [3.8, 4) is 0 Å². The summed E-state index contributed by atoms with van der Waals surface area (Å²) < 4.78 is 30.9. The van der Waals surface area contributed by atoms with Crippen molar-refractivity contribution in [2.24, 2.45) is 0 Å². The Hall–Kier alpha value is -2.15. The standard InChI is InChI=1S/C14H15NO5S/c1-4-12(17)20-14-10-7-5-6-8-11(10)21(18,19)15(3)13(14)9(2)16/h5-8H,4H2,1-3H3. The molecule has 1 aliphatic heterocycles. The zero-order valence-electron chi connectivity index (χ0n) is 11.9. The second-order valence-corrected chi connectivity index (χ2v) is 6.47. The van der Waals surface area contributed by atoms with Gasteiger partial charge in [0, 0.05) is 26.0 Å². The van der Waals surface area contributed by atoms with Gasteiger partial charge in [0.05, 0.1) is 4.90 Å². The van der Waals surface area contributed by atoms with Crippen LogP contribution >= 0.6 is 0 Å². The summed E-state index contributed by atoms with van der Waals surface area (Å²) in [4.78, 5) is 23.4. The van der Waals surface area contributed by atoms with E-state index in [0.717, 1.165) is 4.31 Å². The van der Waals surface area contributed by atoms with E-state index in [2.05, 4.69) is 0 Å². The molecule has 0 unspecified atom stereocenters. The van der Waals surface area contributed by atoms with E-state index in [0.29, 0.717) is 0 Å². The van der Waals surface area contributed by atoms with Crippen molar-refractivity contribution in [3.63, 3.8) is 0 Å². The third kappa shape index (κ3) is 2.44. The third-order valence-electron chi connectivity index (χ3n) is 3.14. The summed E-state index contributed by atoms with van der Waals surface area (Å²) >= 11 is 0. The third-order valence-corrected chi connectivity index (χ3v) is 4.95. The minimum absolute atomic E-state index is 0.0106. The summed E-state index contributed by atoms with van der Waals surface area (Å²) in [6, 6.07) is 6.12. The summed E-state index contributed by atoms with van der Waals surface area (Å²) in [5.41, 5.74) is 0.0816. The van der Waals surface area contributed by atoms with Gasteiger partial charge in [-0.15, -0.1) is 0 Å². The van der Waals surface area contributed by atoms with Gasteiger partial charge in [0.15, 0.2) is 11.5 Å². The Morgan fingerprint density at radius 2 is 1.86 bits per heavy atom. The molecule has 0 saturated heterocycles. The lowest BCUT2D eigenvalue weighted by molar-refractivity contribution is -0.136. The number of fused-ring (bicyclic) bond motifs is 1. The number of carbonyl (C=O) groups excluding carboxylic acids is 2. The first-order chi connectivity index (χ1) is 9.80. The monoisotopic (exact) mass is 309 g/mol. The van der Waals surface area contributed by atoms with Crippen molar-refractivity contribution in [3.05, 3.63) is 35.5 Å². The molecule has 1 aromatic rings. The molecule has 0 spiro atoms. The molecule has 0 saturated carbocycles. The number of nitrogens with zero attached hydrogens (tertiary/aromatic N) is 1. The van der Waals surface area contributed by atoms with E-state index in [1.54, 1.807) is 19.1 Å². The lowest BCUT2D eigenvalue weighted by Gasteiger charge is -2.29. The molecule has 0 atom stereocenters. The molecule has 0 fully saturated rings. The van der Waals surface area contributed by atoms with E-state index in [-0.39, 0.29) is 28.3 Å². The molecule has 0 aromatic heterocycles. The highest BCUT2D eigenvalue weighted by atomic mass is 32.2. The average molecular weight is 309 g/mol. The Morgan fingerprint density at radius 3 is 2.43 bits per heavy atom. The van der Waals surface area contributed by atoms with Gasteiger partial charge in [0.1, 0.15) is 5.70 Å². The van der Waals surface area contributed by atoms with Gasteiger partial charge in [-0.1, -0.05) is 19.1 Å². The van der Waals surface area contributed by atoms with Crippen LogP contribution < -0.4 is 0 Å². The Labute approximate surface area is 123 Å². The SMILES string of the molecule is CCC(=O)OC1=C(C(C)=O)N(C)S(=O)(=O)c2ccccc21. The molecule has 2 rings (SSSR count). The number of ether oxygens (including phenoxy) is 1. The Balaban J connectivity index is 2.79. The molecule has 7 heteroatoms. The van der Waals surface area contributed by atoms with Crippen LogP contribution in [0.5, 0.6) is 0 Å². The highest BCUT2D eigenvalue weighted by Gasteiger charge is 2.37. The molecule has 1 aromatic carbocycles. The number of Topliss-reactive ketones (excluding diaryl/α,β-unsaturated/α-hetero) is 1.